The first-order chi connectivity index (χ1) is 9.17. The highest BCUT2D eigenvalue weighted by atomic mass is 32.2. The van der Waals surface area contributed by atoms with E-state index >= 15 is 0 Å². The zero-order valence-electron chi connectivity index (χ0n) is 11.3. The van der Waals surface area contributed by atoms with Crippen LogP contribution in [0.4, 0.5) is 0 Å². The van der Waals surface area contributed by atoms with E-state index in [2.05, 4.69) is 16.7 Å². The van der Waals surface area contributed by atoms with Crippen molar-refractivity contribution in [3.8, 4) is 6.07 Å². The fraction of sp³-hybridized carbons (Fsp3) is 0.429. The summed E-state index contributed by atoms with van der Waals surface area (Å²) in [5.41, 5.74) is 0.972. The van der Waals surface area contributed by atoms with Gasteiger partial charge in [-0.1, -0.05) is 12.1 Å². The number of nitriles is 1. The Balaban J connectivity index is 2.40. The van der Waals surface area contributed by atoms with E-state index in [-0.39, 0.29) is 11.9 Å². The molecule has 102 valence electrons. The summed E-state index contributed by atoms with van der Waals surface area (Å²) in [6, 6.07) is 9.93. The summed E-state index contributed by atoms with van der Waals surface area (Å²) in [5.74, 6) is -0.0236. The van der Waals surface area contributed by atoms with Crippen molar-refractivity contribution in [1.29, 1.82) is 5.26 Å². The van der Waals surface area contributed by atoms with Gasteiger partial charge in [0.15, 0.2) is 0 Å². The summed E-state index contributed by atoms with van der Waals surface area (Å²) >= 11 is 1.68. The minimum atomic E-state index is -0.298. The van der Waals surface area contributed by atoms with Crippen LogP contribution in [0, 0.1) is 11.3 Å². The molecule has 0 aliphatic rings. The first-order valence-electron chi connectivity index (χ1n) is 6.18. The van der Waals surface area contributed by atoms with Crippen LogP contribution in [0.15, 0.2) is 29.2 Å². The topological polar surface area (TPSA) is 64.9 Å². The molecule has 0 aromatic heterocycles. The van der Waals surface area contributed by atoms with Gasteiger partial charge < -0.3 is 5.32 Å². The Morgan fingerprint density at radius 3 is 2.58 bits per heavy atom. The van der Waals surface area contributed by atoms with Crippen LogP contribution in [0.2, 0.25) is 0 Å². The lowest BCUT2D eigenvalue weighted by Gasteiger charge is -2.12. The Morgan fingerprint density at radius 2 is 2.05 bits per heavy atom. The fourth-order valence-electron chi connectivity index (χ4n) is 1.63. The molecule has 1 aromatic rings. The molecule has 0 saturated carbocycles. The van der Waals surface area contributed by atoms with Gasteiger partial charge in [-0.3, -0.25) is 10.1 Å². The average Bonchev–Trinajstić information content (AvgIpc) is 2.43. The minimum Gasteiger partial charge on any atom is -0.356 e. The van der Waals surface area contributed by atoms with Gasteiger partial charge in [0.25, 0.3) is 0 Å². The minimum absolute atomic E-state index is 0.0236. The van der Waals surface area contributed by atoms with E-state index in [1.165, 1.54) is 11.8 Å². The first-order valence-corrected chi connectivity index (χ1v) is 7.41. The lowest BCUT2D eigenvalue weighted by molar-refractivity contribution is -0.118. The molecule has 2 N–H and O–H groups in total. The molecule has 1 rings (SSSR count). The molecular weight excluding hydrogens is 258 g/mol. The molecule has 1 aromatic carbocycles. The van der Waals surface area contributed by atoms with Gasteiger partial charge in [-0.25, -0.2) is 0 Å². The molecular formula is C14H19N3OS. The lowest BCUT2D eigenvalue weighted by atomic mass is 10.1. The van der Waals surface area contributed by atoms with Gasteiger partial charge in [0.05, 0.1) is 6.07 Å². The van der Waals surface area contributed by atoms with Crippen molar-refractivity contribution < 1.29 is 4.79 Å². The smallest absolute Gasteiger partial charge is 0.216 e. The molecule has 1 unspecified atom stereocenters. The van der Waals surface area contributed by atoms with E-state index in [9.17, 15) is 4.79 Å². The molecule has 0 aliphatic carbocycles. The quantitative estimate of drug-likeness (QED) is 0.591. The van der Waals surface area contributed by atoms with Gasteiger partial charge in [-0.15, -0.1) is 11.8 Å². The van der Waals surface area contributed by atoms with E-state index in [1.54, 1.807) is 11.8 Å². The molecule has 1 atom stereocenters. The van der Waals surface area contributed by atoms with Gasteiger partial charge >= 0.3 is 0 Å². The first kappa shape index (κ1) is 15.5. The van der Waals surface area contributed by atoms with Crippen LogP contribution in [0.5, 0.6) is 0 Å². The van der Waals surface area contributed by atoms with Crippen molar-refractivity contribution in [2.75, 3.05) is 19.3 Å². The highest BCUT2D eigenvalue weighted by Crippen LogP contribution is 2.18. The molecule has 0 fully saturated rings. The highest BCUT2D eigenvalue weighted by molar-refractivity contribution is 7.98. The molecule has 0 radical (unpaired) electrons. The molecule has 4 nitrogen and oxygen atoms in total. The van der Waals surface area contributed by atoms with E-state index < -0.39 is 0 Å². The molecule has 0 aliphatic heterocycles. The van der Waals surface area contributed by atoms with Crippen molar-refractivity contribution in [2.45, 2.75) is 24.3 Å². The Hall–Kier alpha value is -1.51. The largest absolute Gasteiger partial charge is 0.356 e. The number of hydrogen-bond donors (Lipinski definition) is 2. The highest BCUT2D eigenvalue weighted by Gasteiger charge is 2.08. The molecule has 0 heterocycles. The standard InChI is InChI=1S/C14H19N3OS/c1-11(18)16-8-3-9-17-14(10-15)12-4-6-13(19-2)7-5-12/h4-7,14,17H,3,8-9H2,1-2H3,(H,16,18). The van der Waals surface area contributed by atoms with Crippen LogP contribution in [0.1, 0.15) is 24.9 Å². The van der Waals surface area contributed by atoms with E-state index in [0.29, 0.717) is 13.1 Å². The zero-order chi connectivity index (χ0) is 14.1. The monoisotopic (exact) mass is 277 g/mol. The lowest BCUT2D eigenvalue weighted by Crippen LogP contribution is -2.27. The second-order valence-corrected chi connectivity index (χ2v) is 5.01. The summed E-state index contributed by atoms with van der Waals surface area (Å²) in [6.07, 6.45) is 2.83. The maximum absolute atomic E-state index is 10.7. The fourth-order valence-corrected chi connectivity index (χ4v) is 2.04. The summed E-state index contributed by atoms with van der Waals surface area (Å²) in [5, 5.41) is 15.1. The van der Waals surface area contributed by atoms with Crippen LogP contribution < -0.4 is 10.6 Å². The molecule has 19 heavy (non-hydrogen) atoms. The Kier molecular flexibility index (Phi) is 7.01. The third-order valence-electron chi connectivity index (χ3n) is 2.65. The van der Waals surface area contributed by atoms with Gasteiger partial charge in [-0.05, 0) is 36.9 Å². The summed E-state index contributed by atoms with van der Waals surface area (Å²) in [6.45, 7) is 2.83. The van der Waals surface area contributed by atoms with Gasteiger partial charge in [0.2, 0.25) is 5.91 Å². The second kappa shape index (κ2) is 8.57. The number of carbonyl (C=O) groups is 1. The number of benzene rings is 1. The number of thioether (sulfide) groups is 1. The van der Waals surface area contributed by atoms with Crippen molar-refractivity contribution >= 4 is 17.7 Å². The number of nitrogens with one attached hydrogen (secondary N) is 2. The molecule has 0 bridgehead atoms. The van der Waals surface area contributed by atoms with Crippen LogP contribution in [0.3, 0.4) is 0 Å². The normalized spacial score (nSPS) is 11.6. The Labute approximate surface area is 118 Å². The SMILES string of the molecule is CSc1ccc(C(C#N)NCCCNC(C)=O)cc1. The van der Waals surface area contributed by atoms with Crippen molar-refractivity contribution in [3.05, 3.63) is 29.8 Å². The molecule has 1 amide bonds. The maximum Gasteiger partial charge on any atom is 0.216 e. The van der Waals surface area contributed by atoms with Gasteiger partial charge in [-0.2, -0.15) is 5.26 Å². The zero-order valence-corrected chi connectivity index (χ0v) is 12.1. The number of nitrogens with zero attached hydrogens (tertiary/aromatic N) is 1. The van der Waals surface area contributed by atoms with Gasteiger partial charge in [0.1, 0.15) is 6.04 Å². The van der Waals surface area contributed by atoms with Crippen LogP contribution >= 0.6 is 11.8 Å². The predicted molar refractivity (Wildman–Crippen MR) is 77.9 cm³/mol. The third-order valence-corrected chi connectivity index (χ3v) is 3.40. The average molecular weight is 277 g/mol. The summed E-state index contributed by atoms with van der Waals surface area (Å²) in [7, 11) is 0. The molecule has 0 spiro atoms. The Morgan fingerprint density at radius 1 is 1.37 bits per heavy atom. The number of amides is 1. The van der Waals surface area contributed by atoms with E-state index in [4.69, 9.17) is 5.26 Å². The number of hydrogen-bond acceptors (Lipinski definition) is 4. The predicted octanol–water partition coefficient (Wildman–Crippen LogP) is 2.09. The Bertz CT molecular complexity index is 439. The van der Waals surface area contributed by atoms with Crippen molar-refractivity contribution in [3.63, 3.8) is 0 Å². The van der Waals surface area contributed by atoms with E-state index in [0.717, 1.165) is 12.0 Å². The van der Waals surface area contributed by atoms with Crippen molar-refractivity contribution in [2.24, 2.45) is 0 Å². The molecule has 0 saturated heterocycles. The summed E-state index contributed by atoms with van der Waals surface area (Å²) < 4.78 is 0. The van der Waals surface area contributed by atoms with Crippen LogP contribution in [0.25, 0.3) is 0 Å². The third kappa shape index (κ3) is 5.77. The number of carbonyl (C=O) groups excluding carboxylic acids is 1. The van der Waals surface area contributed by atoms with Crippen LogP contribution in [-0.2, 0) is 4.79 Å². The maximum atomic E-state index is 10.7. The molecule has 5 heteroatoms. The second-order valence-electron chi connectivity index (χ2n) is 4.13. The summed E-state index contributed by atoms with van der Waals surface area (Å²) in [4.78, 5) is 11.9. The van der Waals surface area contributed by atoms with E-state index in [1.807, 2.05) is 30.5 Å². The van der Waals surface area contributed by atoms with Crippen molar-refractivity contribution in [1.82, 2.24) is 10.6 Å². The van der Waals surface area contributed by atoms with Crippen LogP contribution in [-0.4, -0.2) is 25.3 Å². The van der Waals surface area contributed by atoms with Gasteiger partial charge in [0, 0.05) is 18.4 Å². The number of rotatable bonds is 7.